The topological polar surface area (TPSA) is 12.4 Å². The van der Waals surface area contributed by atoms with Crippen LogP contribution in [-0.4, -0.2) is 12.3 Å². The second kappa shape index (κ2) is 9.99. The zero-order valence-electron chi connectivity index (χ0n) is 17.2. The highest BCUT2D eigenvalue weighted by Crippen LogP contribution is 2.34. The predicted molar refractivity (Wildman–Crippen MR) is 129 cm³/mol. The molecule has 0 amide bonds. The molecule has 0 aliphatic heterocycles. The Labute approximate surface area is 176 Å². The van der Waals surface area contributed by atoms with Gasteiger partial charge in [-0.3, -0.25) is 4.99 Å². The van der Waals surface area contributed by atoms with Gasteiger partial charge in [-0.1, -0.05) is 104 Å². The van der Waals surface area contributed by atoms with E-state index in [0.29, 0.717) is 6.04 Å². The van der Waals surface area contributed by atoms with Crippen molar-refractivity contribution >= 4 is 30.0 Å². The molecular weight excluding hydrogens is 369 g/mol. The third-order valence-corrected chi connectivity index (χ3v) is 8.51. The first-order valence-corrected chi connectivity index (χ1v) is 12.2. The fraction of sp³-hybridized carbons (Fsp3) is 0.296. The fourth-order valence-electron chi connectivity index (χ4n) is 4.32. The monoisotopic (exact) mass is 399 g/mol. The van der Waals surface area contributed by atoms with Crippen molar-refractivity contribution in [3.05, 3.63) is 90.5 Å². The molecule has 0 spiro atoms. The Morgan fingerprint density at radius 1 is 0.759 bits per heavy atom. The molecule has 0 saturated heterocycles. The molecule has 3 aromatic carbocycles. The van der Waals surface area contributed by atoms with Gasteiger partial charge in [-0.15, -0.1) is 0 Å². The van der Waals surface area contributed by atoms with Crippen LogP contribution in [0.3, 0.4) is 0 Å². The lowest BCUT2D eigenvalue weighted by Crippen LogP contribution is -2.23. The van der Waals surface area contributed by atoms with Crippen LogP contribution in [-0.2, 0) is 0 Å². The largest absolute Gasteiger partial charge is 0.289 e. The van der Waals surface area contributed by atoms with Crippen LogP contribution in [0.25, 0.3) is 0 Å². The van der Waals surface area contributed by atoms with E-state index >= 15 is 0 Å². The Bertz CT molecular complexity index is 874. The molecule has 1 aliphatic carbocycles. The minimum atomic E-state index is -0.603. The Morgan fingerprint density at radius 2 is 1.31 bits per heavy atom. The molecule has 1 aliphatic rings. The van der Waals surface area contributed by atoms with Gasteiger partial charge >= 0.3 is 0 Å². The maximum absolute atomic E-state index is 5.03. The first-order valence-electron chi connectivity index (χ1n) is 10.9. The van der Waals surface area contributed by atoms with Crippen LogP contribution in [0.15, 0.2) is 89.9 Å². The molecule has 0 radical (unpaired) electrons. The Kier molecular flexibility index (Phi) is 6.91. The summed E-state index contributed by atoms with van der Waals surface area (Å²) >= 11 is 0. The number of hydrogen-bond acceptors (Lipinski definition) is 1. The van der Waals surface area contributed by atoms with E-state index in [0.717, 1.165) is 5.92 Å². The average Bonchev–Trinajstić information content (AvgIpc) is 2.80. The van der Waals surface area contributed by atoms with Crippen LogP contribution in [0.5, 0.6) is 0 Å². The van der Waals surface area contributed by atoms with E-state index < -0.39 is 7.92 Å². The summed E-state index contributed by atoms with van der Waals surface area (Å²) in [5, 5.41) is 4.16. The first-order chi connectivity index (χ1) is 14.3. The lowest BCUT2D eigenvalue weighted by atomic mass is 9.85. The van der Waals surface area contributed by atoms with Gasteiger partial charge in [-0.2, -0.15) is 0 Å². The van der Waals surface area contributed by atoms with Gasteiger partial charge in [0.2, 0.25) is 0 Å². The SMILES string of the molecule is C[C@H](N=Cc1ccccc1P(c1ccccc1)c1ccccc1)C1CCCCC1. The molecule has 1 nitrogen and oxygen atoms in total. The highest BCUT2D eigenvalue weighted by atomic mass is 31.1. The summed E-state index contributed by atoms with van der Waals surface area (Å²) in [5.74, 6) is 0.747. The number of aliphatic imine (C=N–C) groups is 1. The highest BCUT2D eigenvalue weighted by molar-refractivity contribution is 7.80. The summed E-state index contributed by atoms with van der Waals surface area (Å²) in [6.45, 7) is 2.30. The molecule has 0 heterocycles. The summed E-state index contributed by atoms with van der Waals surface area (Å²) in [6.07, 6.45) is 8.95. The lowest BCUT2D eigenvalue weighted by Gasteiger charge is -2.25. The van der Waals surface area contributed by atoms with Gasteiger partial charge in [0.15, 0.2) is 0 Å². The number of nitrogens with zero attached hydrogens (tertiary/aromatic N) is 1. The van der Waals surface area contributed by atoms with Gasteiger partial charge in [-0.25, -0.2) is 0 Å². The Balaban J connectivity index is 1.68. The Hall–Kier alpha value is -2.24. The third kappa shape index (κ3) is 5.03. The van der Waals surface area contributed by atoms with E-state index in [1.807, 2.05) is 0 Å². The van der Waals surface area contributed by atoms with Gasteiger partial charge in [0.25, 0.3) is 0 Å². The molecule has 4 rings (SSSR count). The van der Waals surface area contributed by atoms with Crippen molar-refractivity contribution in [2.75, 3.05) is 0 Å². The quantitative estimate of drug-likeness (QED) is 0.365. The van der Waals surface area contributed by atoms with Crippen molar-refractivity contribution in [3.8, 4) is 0 Å². The van der Waals surface area contributed by atoms with Crippen molar-refractivity contribution < 1.29 is 0 Å². The number of benzene rings is 3. The molecular formula is C27H30NP. The van der Waals surface area contributed by atoms with E-state index in [9.17, 15) is 0 Å². The first kappa shape index (κ1) is 20.0. The van der Waals surface area contributed by atoms with E-state index in [1.165, 1.54) is 53.6 Å². The standard InChI is InChI=1S/C27H30NP/c1-22(23-13-5-2-6-14-23)28-21-24-15-11-12-20-27(24)29(25-16-7-3-8-17-25)26-18-9-4-10-19-26/h3-4,7-12,15-23H,2,5-6,13-14H2,1H3/t22-/m0/s1. The second-order valence-corrected chi connectivity index (χ2v) is 10.2. The lowest BCUT2D eigenvalue weighted by molar-refractivity contribution is 0.318. The molecule has 1 saturated carbocycles. The van der Waals surface area contributed by atoms with Crippen LogP contribution in [0.2, 0.25) is 0 Å². The van der Waals surface area contributed by atoms with E-state index in [1.54, 1.807) is 0 Å². The molecule has 0 unspecified atom stereocenters. The molecule has 1 fully saturated rings. The molecule has 148 valence electrons. The minimum Gasteiger partial charge on any atom is -0.289 e. The van der Waals surface area contributed by atoms with E-state index in [4.69, 9.17) is 4.99 Å². The summed E-state index contributed by atoms with van der Waals surface area (Å²) < 4.78 is 0. The predicted octanol–water partition coefficient (Wildman–Crippen LogP) is 5.83. The van der Waals surface area contributed by atoms with E-state index in [-0.39, 0.29) is 0 Å². The van der Waals surface area contributed by atoms with Crippen molar-refractivity contribution in [1.29, 1.82) is 0 Å². The average molecular weight is 400 g/mol. The Morgan fingerprint density at radius 3 is 1.93 bits per heavy atom. The van der Waals surface area contributed by atoms with Crippen molar-refractivity contribution in [2.45, 2.75) is 45.1 Å². The van der Waals surface area contributed by atoms with Crippen LogP contribution >= 0.6 is 7.92 Å². The highest BCUT2D eigenvalue weighted by Gasteiger charge is 2.20. The molecule has 2 heteroatoms. The van der Waals surface area contributed by atoms with Crippen molar-refractivity contribution in [1.82, 2.24) is 0 Å². The molecule has 29 heavy (non-hydrogen) atoms. The van der Waals surface area contributed by atoms with E-state index in [2.05, 4.69) is 98.1 Å². The zero-order valence-corrected chi connectivity index (χ0v) is 18.1. The molecule has 1 atom stereocenters. The van der Waals surface area contributed by atoms with Crippen LogP contribution in [0, 0.1) is 5.92 Å². The van der Waals surface area contributed by atoms with Crippen LogP contribution in [0.4, 0.5) is 0 Å². The van der Waals surface area contributed by atoms with Crippen molar-refractivity contribution in [2.24, 2.45) is 10.9 Å². The van der Waals surface area contributed by atoms with Crippen molar-refractivity contribution in [3.63, 3.8) is 0 Å². The molecule has 3 aromatic rings. The minimum absolute atomic E-state index is 0.406. The molecule has 0 bridgehead atoms. The summed E-state index contributed by atoms with van der Waals surface area (Å²) in [5.41, 5.74) is 1.26. The van der Waals surface area contributed by atoms with Gasteiger partial charge in [0.05, 0.1) is 0 Å². The second-order valence-electron chi connectivity index (χ2n) is 7.98. The maximum atomic E-state index is 5.03. The van der Waals surface area contributed by atoms with Gasteiger partial charge < -0.3 is 0 Å². The van der Waals surface area contributed by atoms with Gasteiger partial charge in [-0.05, 0) is 49.5 Å². The smallest absolute Gasteiger partial charge is 0.0499 e. The number of rotatable bonds is 6. The normalized spacial score (nSPS) is 16.3. The van der Waals surface area contributed by atoms with Crippen LogP contribution in [0.1, 0.15) is 44.6 Å². The summed E-state index contributed by atoms with van der Waals surface area (Å²) in [6, 6.07) is 31.1. The molecule has 0 aromatic heterocycles. The zero-order chi connectivity index (χ0) is 19.9. The van der Waals surface area contributed by atoms with Crippen LogP contribution < -0.4 is 15.9 Å². The maximum Gasteiger partial charge on any atom is 0.0499 e. The third-order valence-electron chi connectivity index (χ3n) is 5.99. The summed E-state index contributed by atoms with van der Waals surface area (Å²) in [7, 11) is -0.603. The fourth-order valence-corrected chi connectivity index (χ4v) is 6.74. The molecule has 0 N–H and O–H groups in total. The summed E-state index contributed by atoms with van der Waals surface area (Å²) in [4.78, 5) is 5.03. The van der Waals surface area contributed by atoms with Gasteiger partial charge in [0, 0.05) is 17.8 Å². The van der Waals surface area contributed by atoms with Gasteiger partial charge in [0.1, 0.15) is 0 Å². The number of hydrogen-bond donors (Lipinski definition) is 0.